The third kappa shape index (κ3) is 1.52. The van der Waals surface area contributed by atoms with Gasteiger partial charge in [0.2, 0.25) is 0 Å². The van der Waals surface area contributed by atoms with Gasteiger partial charge in [0.25, 0.3) is 0 Å². The number of hydrogen-bond acceptors (Lipinski definition) is 1. The molecule has 0 N–H and O–H groups in total. The van der Waals surface area contributed by atoms with E-state index in [0.29, 0.717) is 17.2 Å². The molecule has 1 aromatic rings. The molecule has 0 saturated heterocycles. The van der Waals surface area contributed by atoms with Gasteiger partial charge < -0.3 is 4.74 Å². The molecular weight excluding hydrogens is 191 g/mol. The molecular formula is C11H10B4O. The minimum Gasteiger partial charge on any atom is -0.507 e. The van der Waals surface area contributed by atoms with Crippen LogP contribution in [0, 0.1) is 0 Å². The van der Waals surface area contributed by atoms with Gasteiger partial charge in [-0.2, -0.15) is 0 Å². The van der Waals surface area contributed by atoms with Gasteiger partial charge in [0.15, 0.2) is 0 Å². The minimum atomic E-state index is -1.56. The quantitative estimate of drug-likeness (QED) is 0.607. The highest BCUT2D eigenvalue weighted by Crippen LogP contribution is 2.43. The van der Waals surface area contributed by atoms with Crippen LogP contribution < -0.4 is 4.74 Å². The third-order valence-corrected chi connectivity index (χ3v) is 3.04. The number of ether oxygens (including phenoxy) is 1. The van der Waals surface area contributed by atoms with Gasteiger partial charge in [0, 0.05) is 5.40 Å². The second-order valence-corrected chi connectivity index (χ2v) is 4.67. The lowest BCUT2D eigenvalue weighted by Gasteiger charge is -2.36. The molecule has 1 aliphatic heterocycles. The molecule has 1 aromatic carbocycles. The first-order chi connectivity index (χ1) is 7.25. The summed E-state index contributed by atoms with van der Waals surface area (Å²) >= 11 is 0. The van der Waals surface area contributed by atoms with Crippen LogP contribution >= 0.6 is 0 Å². The second kappa shape index (κ2) is 3.38. The van der Waals surface area contributed by atoms with Crippen molar-refractivity contribution in [2.24, 2.45) is 0 Å². The highest BCUT2D eigenvalue weighted by atomic mass is 16.5. The lowest BCUT2D eigenvalue weighted by atomic mass is 9.34. The van der Waals surface area contributed by atoms with Crippen LogP contribution in [0.3, 0.4) is 0 Å². The Morgan fingerprint density at radius 3 is 2.31 bits per heavy atom. The highest BCUT2D eigenvalue weighted by Gasteiger charge is 2.45. The Morgan fingerprint density at radius 2 is 1.75 bits per heavy atom. The van der Waals surface area contributed by atoms with Gasteiger partial charge in [0.05, 0.1) is 15.7 Å². The van der Waals surface area contributed by atoms with Crippen molar-refractivity contribution in [3.05, 3.63) is 29.3 Å². The Morgan fingerprint density at radius 1 is 1.12 bits per heavy atom. The van der Waals surface area contributed by atoms with Gasteiger partial charge in [-0.05, 0) is 23.1 Å². The molecule has 16 heavy (non-hydrogen) atoms. The van der Waals surface area contributed by atoms with Crippen molar-refractivity contribution >= 4 is 31.4 Å². The van der Waals surface area contributed by atoms with E-state index in [2.05, 4.69) is 13.8 Å². The van der Waals surface area contributed by atoms with Gasteiger partial charge in [0.1, 0.15) is 21.4 Å². The molecule has 0 atom stereocenters. The van der Waals surface area contributed by atoms with E-state index in [1.54, 1.807) is 6.07 Å². The van der Waals surface area contributed by atoms with Crippen molar-refractivity contribution in [2.45, 2.75) is 30.4 Å². The summed E-state index contributed by atoms with van der Waals surface area (Å²) < 4.78 is 5.35. The van der Waals surface area contributed by atoms with E-state index < -0.39 is 10.6 Å². The average Bonchev–Trinajstić information content (AvgIpc) is 2.33. The summed E-state index contributed by atoms with van der Waals surface area (Å²) in [4.78, 5) is 0. The minimum absolute atomic E-state index is 0.381. The number of rotatable bonds is 1. The number of hydrogen-bond donors (Lipinski definition) is 0. The molecule has 0 saturated carbocycles. The van der Waals surface area contributed by atoms with Crippen LogP contribution in [0.2, 0.25) is 0 Å². The van der Waals surface area contributed by atoms with Crippen molar-refractivity contribution in [1.29, 1.82) is 0 Å². The lowest BCUT2D eigenvalue weighted by Crippen LogP contribution is -2.53. The average molecular weight is 201 g/mol. The fraction of sp³-hybridized carbons (Fsp3) is 0.455. The van der Waals surface area contributed by atoms with Crippen LogP contribution in [0.1, 0.15) is 30.9 Å². The van der Waals surface area contributed by atoms with Gasteiger partial charge in [-0.1, -0.05) is 31.2 Å². The molecule has 0 aromatic heterocycles. The molecule has 1 aliphatic rings. The summed E-state index contributed by atoms with van der Waals surface area (Å²) in [7, 11) is 23.4. The van der Waals surface area contributed by atoms with Gasteiger partial charge in [-0.25, -0.2) is 0 Å². The van der Waals surface area contributed by atoms with E-state index in [-0.39, 0.29) is 0 Å². The van der Waals surface area contributed by atoms with Crippen molar-refractivity contribution in [2.75, 3.05) is 0 Å². The predicted molar refractivity (Wildman–Crippen MR) is 68.6 cm³/mol. The normalized spacial score (nSPS) is 20.4. The van der Waals surface area contributed by atoms with E-state index in [1.807, 2.05) is 12.1 Å². The zero-order valence-corrected chi connectivity index (χ0v) is 9.53. The van der Waals surface area contributed by atoms with Crippen LogP contribution in [0.4, 0.5) is 0 Å². The van der Waals surface area contributed by atoms with E-state index in [4.69, 9.17) is 36.1 Å². The largest absolute Gasteiger partial charge is 0.507 e. The molecule has 1 nitrogen and oxygen atoms in total. The summed E-state index contributed by atoms with van der Waals surface area (Å²) in [5, 5.41) is -2.93. The van der Waals surface area contributed by atoms with Crippen LogP contribution in [-0.4, -0.2) is 36.8 Å². The fourth-order valence-electron chi connectivity index (χ4n) is 1.80. The molecule has 0 fully saturated rings. The summed E-state index contributed by atoms with van der Waals surface area (Å²) in [5.41, 5.74) is 1.78. The van der Waals surface area contributed by atoms with Crippen molar-refractivity contribution in [1.82, 2.24) is 0 Å². The fourth-order valence-corrected chi connectivity index (χ4v) is 1.80. The lowest BCUT2D eigenvalue weighted by molar-refractivity contribution is 0.258. The van der Waals surface area contributed by atoms with E-state index in [0.717, 1.165) is 5.56 Å². The summed E-state index contributed by atoms with van der Waals surface area (Å²) in [6, 6.07) is 5.67. The van der Waals surface area contributed by atoms with Crippen LogP contribution in [0.15, 0.2) is 18.2 Å². The standard InChI is InChI=1S/C11H10B4O/c1-6(2)7-3-4-9-8(5-7)10(12,13)11(14,15)16-9/h3-6H,1-2H3. The smallest absolute Gasteiger partial charge is 0.120 e. The third-order valence-electron chi connectivity index (χ3n) is 3.04. The highest BCUT2D eigenvalue weighted by molar-refractivity contribution is 6.54. The molecule has 72 valence electrons. The van der Waals surface area contributed by atoms with Crippen LogP contribution in [-0.2, 0) is 5.21 Å². The maximum Gasteiger partial charge on any atom is 0.120 e. The molecule has 0 aliphatic carbocycles. The van der Waals surface area contributed by atoms with Crippen LogP contribution in [0.25, 0.3) is 0 Å². The van der Waals surface area contributed by atoms with Crippen molar-refractivity contribution in [3.63, 3.8) is 0 Å². The Kier molecular flexibility index (Phi) is 2.49. The van der Waals surface area contributed by atoms with Crippen molar-refractivity contribution < 1.29 is 4.74 Å². The molecule has 2 rings (SSSR count). The maximum absolute atomic E-state index is 5.94. The monoisotopic (exact) mass is 202 g/mol. The maximum atomic E-state index is 5.94. The summed E-state index contributed by atoms with van der Waals surface area (Å²) in [6.45, 7) is 4.18. The first kappa shape index (κ1) is 11.8. The summed E-state index contributed by atoms with van der Waals surface area (Å²) in [5.74, 6) is 0.936. The molecule has 8 radical (unpaired) electrons. The zero-order chi connectivity index (χ0) is 12.1. The molecule has 5 heteroatoms. The molecule has 0 amide bonds. The van der Waals surface area contributed by atoms with E-state index >= 15 is 0 Å². The number of benzene rings is 1. The van der Waals surface area contributed by atoms with Gasteiger partial charge in [-0.15, -0.1) is 0 Å². The second-order valence-electron chi connectivity index (χ2n) is 4.67. The molecule has 0 unspecified atom stereocenters. The van der Waals surface area contributed by atoms with E-state index in [9.17, 15) is 0 Å². The predicted octanol–water partition coefficient (Wildman–Crippen LogP) is 0.683. The first-order valence-electron chi connectivity index (χ1n) is 5.24. The van der Waals surface area contributed by atoms with Crippen LogP contribution in [0.5, 0.6) is 5.75 Å². The SMILES string of the molecule is [B]C1([B])Oc2ccc(C(C)C)cc2C1([B])[B]. The Labute approximate surface area is 102 Å². The zero-order valence-electron chi connectivity index (χ0n) is 9.53. The van der Waals surface area contributed by atoms with Gasteiger partial charge in [-0.3, -0.25) is 0 Å². The van der Waals surface area contributed by atoms with E-state index in [1.165, 1.54) is 0 Å². The molecule has 0 bridgehead atoms. The topological polar surface area (TPSA) is 9.23 Å². The molecule has 1 heterocycles. The Balaban J connectivity index is 2.55. The van der Waals surface area contributed by atoms with Crippen molar-refractivity contribution in [3.8, 4) is 5.75 Å². The number of fused-ring (bicyclic) bond motifs is 1. The Bertz CT molecular complexity index is 426. The van der Waals surface area contributed by atoms with Gasteiger partial charge >= 0.3 is 0 Å². The molecule has 0 spiro atoms. The summed E-state index contributed by atoms with van der Waals surface area (Å²) in [6.07, 6.45) is 0. The Hall–Kier alpha value is -0.720. The first-order valence-corrected chi connectivity index (χ1v) is 5.24.